The lowest BCUT2D eigenvalue weighted by atomic mass is 10.1. The molecule has 2 N–H and O–H groups in total. The molecular formula is C20H24BrN3O3S. The smallest absolute Gasteiger partial charge is 0.241 e. The lowest BCUT2D eigenvalue weighted by molar-refractivity contribution is -0.118. The van der Waals surface area contributed by atoms with E-state index >= 15 is 0 Å². The van der Waals surface area contributed by atoms with Gasteiger partial charge in [0.2, 0.25) is 15.9 Å². The van der Waals surface area contributed by atoms with Gasteiger partial charge in [0.1, 0.15) is 5.75 Å². The fourth-order valence-corrected chi connectivity index (χ4v) is 4.64. The van der Waals surface area contributed by atoms with E-state index in [4.69, 9.17) is 0 Å². The molecule has 1 saturated heterocycles. The third-order valence-electron chi connectivity index (χ3n) is 4.56. The average Bonchev–Trinajstić information content (AvgIpc) is 2.67. The molecule has 1 heterocycles. The predicted molar refractivity (Wildman–Crippen MR) is 116 cm³/mol. The number of hydrogen-bond donors (Lipinski definition) is 2. The molecule has 0 spiro atoms. The van der Waals surface area contributed by atoms with E-state index in [2.05, 4.69) is 30.9 Å². The molecule has 0 bridgehead atoms. The van der Waals surface area contributed by atoms with Crippen molar-refractivity contribution in [2.75, 3.05) is 28.5 Å². The van der Waals surface area contributed by atoms with Gasteiger partial charge < -0.3 is 10.2 Å². The molecule has 1 aliphatic heterocycles. The molecule has 0 unspecified atom stereocenters. The summed E-state index contributed by atoms with van der Waals surface area (Å²) in [5.74, 6) is -1.16. The Bertz CT molecular complexity index is 911. The molecule has 0 saturated carbocycles. The van der Waals surface area contributed by atoms with Crippen molar-refractivity contribution in [2.24, 2.45) is 0 Å². The van der Waals surface area contributed by atoms with Crippen molar-refractivity contribution >= 4 is 43.2 Å². The molecule has 3 rings (SSSR count). The largest absolute Gasteiger partial charge is 0.372 e. The van der Waals surface area contributed by atoms with Crippen LogP contribution in [0.5, 0.6) is 0 Å². The molecule has 1 aliphatic rings. The quantitative estimate of drug-likeness (QED) is 0.655. The first kappa shape index (κ1) is 20.7. The highest BCUT2D eigenvalue weighted by Crippen LogP contribution is 2.22. The van der Waals surface area contributed by atoms with Gasteiger partial charge in [-0.3, -0.25) is 9.52 Å². The number of nitrogens with zero attached hydrogens (tertiary/aromatic N) is 1. The Morgan fingerprint density at radius 3 is 2.43 bits per heavy atom. The number of hydrogen-bond acceptors (Lipinski definition) is 4. The summed E-state index contributed by atoms with van der Waals surface area (Å²) in [4.78, 5) is 14.3. The minimum atomic E-state index is -3.77. The molecule has 150 valence electrons. The van der Waals surface area contributed by atoms with E-state index in [0.717, 1.165) is 28.8 Å². The number of sulfonamides is 1. The van der Waals surface area contributed by atoms with Crippen LogP contribution >= 0.6 is 15.9 Å². The average molecular weight is 466 g/mol. The van der Waals surface area contributed by atoms with E-state index < -0.39 is 21.7 Å². The summed E-state index contributed by atoms with van der Waals surface area (Å²) in [6, 6.07) is 14.8. The Morgan fingerprint density at radius 2 is 1.75 bits per heavy atom. The summed E-state index contributed by atoms with van der Waals surface area (Å²) in [6.45, 7) is 2.34. The van der Waals surface area contributed by atoms with Crippen molar-refractivity contribution < 1.29 is 13.2 Å². The SMILES string of the molecule is O=C(CS(=O)(=O)Nc1ccc(N2CCCCC2)cc1)NCc1cccc(Br)c1. The van der Waals surface area contributed by atoms with E-state index in [9.17, 15) is 13.2 Å². The second kappa shape index (κ2) is 9.43. The number of benzene rings is 2. The second-order valence-electron chi connectivity index (χ2n) is 6.86. The predicted octanol–water partition coefficient (Wildman–Crippen LogP) is 3.50. The summed E-state index contributed by atoms with van der Waals surface area (Å²) < 4.78 is 27.9. The van der Waals surface area contributed by atoms with Crippen LogP contribution < -0.4 is 14.9 Å². The Balaban J connectivity index is 1.52. The standard InChI is InChI=1S/C20H24BrN3O3S/c21-17-6-4-5-16(13-17)14-22-20(25)15-28(26,27)23-18-7-9-19(10-8-18)24-11-2-1-3-12-24/h4-10,13,23H,1-3,11-12,14-15H2,(H,22,25). The number of rotatable bonds is 7. The van der Waals surface area contributed by atoms with Crippen LogP contribution in [0.25, 0.3) is 0 Å². The van der Waals surface area contributed by atoms with E-state index in [0.29, 0.717) is 5.69 Å². The van der Waals surface area contributed by atoms with E-state index in [1.165, 1.54) is 19.3 Å². The van der Waals surface area contributed by atoms with Crippen LogP contribution in [0.1, 0.15) is 24.8 Å². The van der Waals surface area contributed by atoms with Crippen LogP contribution in [0, 0.1) is 0 Å². The topological polar surface area (TPSA) is 78.5 Å². The Hall–Kier alpha value is -2.06. The van der Waals surface area contributed by atoms with E-state index in [1.54, 1.807) is 12.1 Å². The van der Waals surface area contributed by atoms with Crippen molar-refractivity contribution in [2.45, 2.75) is 25.8 Å². The molecule has 6 nitrogen and oxygen atoms in total. The van der Waals surface area contributed by atoms with Gasteiger partial charge in [-0.25, -0.2) is 8.42 Å². The van der Waals surface area contributed by atoms with Crippen LogP contribution in [0.3, 0.4) is 0 Å². The maximum Gasteiger partial charge on any atom is 0.241 e. The Kier molecular flexibility index (Phi) is 6.96. The first-order chi connectivity index (χ1) is 13.4. The lowest BCUT2D eigenvalue weighted by Gasteiger charge is -2.28. The van der Waals surface area contributed by atoms with Crippen molar-refractivity contribution in [3.63, 3.8) is 0 Å². The number of amides is 1. The number of carbonyl (C=O) groups is 1. The zero-order valence-electron chi connectivity index (χ0n) is 15.5. The van der Waals surface area contributed by atoms with Crippen molar-refractivity contribution in [1.29, 1.82) is 0 Å². The molecule has 2 aromatic carbocycles. The Labute approximate surface area is 174 Å². The van der Waals surface area contributed by atoms with Gasteiger partial charge in [0.05, 0.1) is 0 Å². The summed E-state index contributed by atoms with van der Waals surface area (Å²) in [5.41, 5.74) is 2.44. The van der Waals surface area contributed by atoms with Crippen molar-refractivity contribution in [1.82, 2.24) is 5.32 Å². The van der Waals surface area contributed by atoms with Gasteiger partial charge >= 0.3 is 0 Å². The van der Waals surface area contributed by atoms with Crippen molar-refractivity contribution in [3.05, 3.63) is 58.6 Å². The maximum atomic E-state index is 12.3. The summed E-state index contributed by atoms with van der Waals surface area (Å²) >= 11 is 3.36. The van der Waals surface area contributed by atoms with Crippen LogP contribution in [0.2, 0.25) is 0 Å². The summed E-state index contributed by atoms with van der Waals surface area (Å²) in [5, 5.41) is 2.63. The maximum absolute atomic E-state index is 12.3. The number of carbonyl (C=O) groups excluding carboxylic acids is 1. The van der Waals surface area contributed by atoms with Gasteiger partial charge in [0.15, 0.2) is 0 Å². The molecular weight excluding hydrogens is 442 g/mol. The number of nitrogens with one attached hydrogen (secondary N) is 2. The summed E-state index contributed by atoms with van der Waals surface area (Å²) in [6.07, 6.45) is 3.63. The molecule has 2 aromatic rings. The highest BCUT2D eigenvalue weighted by Gasteiger charge is 2.17. The fourth-order valence-electron chi connectivity index (χ4n) is 3.18. The first-order valence-corrected chi connectivity index (χ1v) is 11.7. The fraction of sp³-hybridized carbons (Fsp3) is 0.350. The van der Waals surface area contributed by atoms with Crippen LogP contribution in [-0.4, -0.2) is 33.2 Å². The number of piperidine rings is 1. The molecule has 0 atom stereocenters. The highest BCUT2D eigenvalue weighted by molar-refractivity contribution is 9.10. The van der Waals surface area contributed by atoms with Gasteiger partial charge in [-0.15, -0.1) is 0 Å². The normalized spacial score (nSPS) is 14.5. The lowest BCUT2D eigenvalue weighted by Crippen LogP contribution is -2.32. The van der Waals surface area contributed by atoms with Crippen LogP contribution in [0.4, 0.5) is 11.4 Å². The van der Waals surface area contributed by atoms with Gasteiger partial charge in [-0.2, -0.15) is 0 Å². The number of halogens is 1. The van der Waals surface area contributed by atoms with Gasteiger partial charge in [-0.05, 0) is 61.2 Å². The second-order valence-corrected chi connectivity index (χ2v) is 9.50. The number of anilines is 2. The monoisotopic (exact) mass is 465 g/mol. The van der Waals surface area contributed by atoms with E-state index in [-0.39, 0.29) is 6.54 Å². The minimum absolute atomic E-state index is 0.276. The van der Waals surface area contributed by atoms with Crippen LogP contribution in [-0.2, 0) is 21.4 Å². The molecule has 1 amide bonds. The molecule has 0 radical (unpaired) electrons. The van der Waals surface area contributed by atoms with Crippen LogP contribution in [0.15, 0.2) is 53.0 Å². The molecule has 1 fully saturated rings. The first-order valence-electron chi connectivity index (χ1n) is 9.28. The summed E-state index contributed by atoms with van der Waals surface area (Å²) in [7, 11) is -3.77. The van der Waals surface area contributed by atoms with E-state index in [1.807, 2.05) is 36.4 Å². The van der Waals surface area contributed by atoms with Gasteiger partial charge in [-0.1, -0.05) is 28.1 Å². The highest BCUT2D eigenvalue weighted by atomic mass is 79.9. The molecule has 8 heteroatoms. The third kappa shape index (κ3) is 6.24. The molecule has 0 aliphatic carbocycles. The third-order valence-corrected chi connectivity index (χ3v) is 6.24. The molecule has 28 heavy (non-hydrogen) atoms. The Morgan fingerprint density at radius 1 is 1.04 bits per heavy atom. The molecule has 0 aromatic heterocycles. The van der Waals surface area contributed by atoms with Crippen molar-refractivity contribution in [3.8, 4) is 0 Å². The van der Waals surface area contributed by atoms with Gasteiger partial charge in [0, 0.05) is 35.5 Å². The minimum Gasteiger partial charge on any atom is -0.372 e. The zero-order chi connectivity index (χ0) is 20.0. The zero-order valence-corrected chi connectivity index (χ0v) is 17.9. The van der Waals surface area contributed by atoms with Gasteiger partial charge in [0.25, 0.3) is 0 Å².